The van der Waals surface area contributed by atoms with Gasteiger partial charge in [0.05, 0.1) is 0 Å². The van der Waals surface area contributed by atoms with Crippen LogP contribution in [0.1, 0.15) is 25.7 Å². The van der Waals surface area contributed by atoms with Crippen LogP contribution in [0.25, 0.3) is 0 Å². The molecule has 0 aromatic heterocycles. The molecule has 0 aliphatic heterocycles. The summed E-state index contributed by atoms with van der Waals surface area (Å²) < 4.78 is 12.9. The Kier molecular flexibility index (Phi) is 5.78. The molecule has 0 heterocycles. The van der Waals surface area contributed by atoms with Crippen molar-refractivity contribution in [2.75, 3.05) is 0 Å². The van der Waals surface area contributed by atoms with E-state index in [4.69, 9.17) is 15.9 Å². The number of halogens is 1. The fraction of sp³-hybridized carbons (Fsp3) is 0.750. The van der Waals surface area contributed by atoms with E-state index in [1.165, 1.54) is 0 Å². The van der Waals surface area contributed by atoms with Crippen molar-refractivity contribution in [1.82, 2.24) is 0 Å². The molecule has 0 amide bonds. The van der Waals surface area contributed by atoms with E-state index in [-0.39, 0.29) is 25.7 Å². The van der Waals surface area contributed by atoms with Crippen LogP contribution in [0.5, 0.6) is 0 Å². The SMILES string of the molecule is N[C@@H](CCC(F)CCC(=O)O)C(=O)O. The lowest BCUT2D eigenvalue weighted by molar-refractivity contribution is -0.139. The summed E-state index contributed by atoms with van der Waals surface area (Å²) in [5.74, 6) is -2.23. The zero-order valence-corrected chi connectivity index (χ0v) is 7.65. The Morgan fingerprint density at radius 3 is 2.21 bits per heavy atom. The van der Waals surface area contributed by atoms with E-state index < -0.39 is 24.2 Å². The summed E-state index contributed by atoms with van der Waals surface area (Å²) >= 11 is 0. The van der Waals surface area contributed by atoms with Gasteiger partial charge in [-0.05, 0) is 19.3 Å². The number of hydrogen-bond acceptors (Lipinski definition) is 3. The molecule has 0 aliphatic rings. The van der Waals surface area contributed by atoms with Gasteiger partial charge in [0.2, 0.25) is 0 Å². The van der Waals surface area contributed by atoms with Crippen molar-refractivity contribution in [3.63, 3.8) is 0 Å². The van der Waals surface area contributed by atoms with Crippen LogP contribution < -0.4 is 5.73 Å². The van der Waals surface area contributed by atoms with Gasteiger partial charge in [-0.3, -0.25) is 9.59 Å². The summed E-state index contributed by atoms with van der Waals surface area (Å²) in [7, 11) is 0. The average Bonchev–Trinajstić information content (AvgIpc) is 2.10. The van der Waals surface area contributed by atoms with Crippen molar-refractivity contribution in [3.8, 4) is 0 Å². The molecule has 0 bridgehead atoms. The van der Waals surface area contributed by atoms with E-state index in [2.05, 4.69) is 0 Å². The van der Waals surface area contributed by atoms with Crippen molar-refractivity contribution in [2.45, 2.75) is 37.9 Å². The van der Waals surface area contributed by atoms with Crippen LogP contribution in [0.3, 0.4) is 0 Å². The molecule has 0 radical (unpaired) electrons. The Labute approximate surface area is 80.7 Å². The molecule has 6 heteroatoms. The second-order valence-electron chi connectivity index (χ2n) is 3.05. The number of carbonyl (C=O) groups is 2. The number of carboxylic acids is 2. The molecular weight excluding hydrogens is 193 g/mol. The van der Waals surface area contributed by atoms with E-state index in [1.54, 1.807) is 0 Å². The van der Waals surface area contributed by atoms with Gasteiger partial charge in [-0.15, -0.1) is 0 Å². The summed E-state index contributed by atoms with van der Waals surface area (Å²) in [6, 6.07) is -1.07. The third-order valence-corrected chi connectivity index (χ3v) is 1.78. The largest absolute Gasteiger partial charge is 0.481 e. The second kappa shape index (κ2) is 6.31. The third kappa shape index (κ3) is 6.36. The minimum atomic E-state index is -1.29. The predicted molar refractivity (Wildman–Crippen MR) is 46.6 cm³/mol. The summed E-state index contributed by atoms with van der Waals surface area (Å²) in [5.41, 5.74) is 5.14. The molecule has 0 aromatic rings. The van der Waals surface area contributed by atoms with Crippen LogP contribution in [0.2, 0.25) is 0 Å². The van der Waals surface area contributed by atoms with Crippen LogP contribution in [0.4, 0.5) is 4.39 Å². The Morgan fingerprint density at radius 2 is 1.79 bits per heavy atom. The maximum atomic E-state index is 12.9. The normalized spacial score (nSPS) is 14.7. The summed E-state index contributed by atoms with van der Waals surface area (Å²) in [6.07, 6.45) is -1.63. The first kappa shape index (κ1) is 12.8. The number of alkyl halides is 1. The van der Waals surface area contributed by atoms with Crippen LogP contribution in [-0.2, 0) is 9.59 Å². The molecule has 82 valence electrons. The predicted octanol–water partition coefficient (Wildman–Crippen LogP) is 0.381. The fourth-order valence-electron chi connectivity index (χ4n) is 0.908. The van der Waals surface area contributed by atoms with Gasteiger partial charge in [-0.1, -0.05) is 0 Å². The highest BCUT2D eigenvalue weighted by atomic mass is 19.1. The summed E-state index contributed by atoms with van der Waals surface area (Å²) in [4.78, 5) is 20.3. The first-order chi connectivity index (χ1) is 6.43. The summed E-state index contributed by atoms with van der Waals surface area (Å²) in [6.45, 7) is 0. The number of carboxylic acid groups (broad SMARTS) is 2. The van der Waals surface area contributed by atoms with Gasteiger partial charge in [0.15, 0.2) is 0 Å². The summed E-state index contributed by atoms with van der Waals surface area (Å²) in [5, 5.41) is 16.6. The van der Waals surface area contributed by atoms with E-state index in [0.29, 0.717) is 0 Å². The van der Waals surface area contributed by atoms with Crippen LogP contribution in [0.15, 0.2) is 0 Å². The highest BCUT2D eigenvalue weighted by Crippen LogP contribution is 2.10. The highest BCUT2D eigenvalue weighted by molar-refractivity contribution is 5.72. The molecule has 2 atom stereocenters. The molecule has 0 saturated carbocycles. The van der Waals surface area contributed by atoms with Crippen LogP contribution >= 0.6 is 0 Å². The monoisotopic (exact) mass is 207 g/mol. The molecule has 0 fully saturated rings. The molecule has 0 aromatic carbocycles. The van der Waals surface area contributed by atoms with Crippen LogP contribution in [-0.4, -0.2) is 34.4 Å². The maximum absolute atomic E-state index is 12.9. The quantitative estimate of drug-likeness (QED) is 0.560. The topological polar surface area (TPSA) is 101 Å². The van der Waals surface area contributed by atoms with Crippen molar-refractivity contribution in [3.05, 3.63) is 0 Å². The molecule has 0 rings (SSSR count). The molecule has 0 saturated heterocycles. The van der Waals surface area contributed by atoms with Crippen molar-refractivity contribution in [1.29, 1.82) is 0 Å². The van der Waals surface area contributed by atoms with E-state index in [0.717, 1.165) is 0 Å². The minimum Gasteiger partial charge on any atom is -0.481 e. The van der Waals surface area contributed by atoms with Gasteiger partial charge in [0.1, 0.15) is 12.2 Å². The number of hydrogen-bond donors (Lipinski definition) is 3. The van der Waals surface area contributed by atoms with Gasteiger partial charge in [0, 0.05) is 6.42 Å². The lowest BCUT2D eigenvalue weighted by Crippen LogP contribution is -2.30. The standard InChI is InChI=1S/C8H14FNO4/c9-5(2-4-7(11)12)1-3-6(10)8(13)14/h5-6H,1-4,10H2,(H,11,12)(H,13,14)/t5?,6-/m0/s1. The zero-order valence-electron chi connectivity index (χ0n) is 7.65. The third-order valence-electron chi connectivity index (χ3n) is 1.78. The molecule has 1 unspecified atom stereocenters. The molecule has 4 N–H and O–H groups in total. The van der Waals surface area contributed by atoms with Crippen molar-refractivity contribution >= 4 is 11.9 Å². The first-order valence-corrected chi connectivity index (χ1v) is 4.27. The van der Waals surface area contributed by atoms with Gasteiger partial charge in [-0.25, -0.2) is 4.39 Å². The Hall–Kier alpha value is -1.17. The molecule has 5 nitrogen and oxygen atoms in total. The molecule has 0 spiro atoms. The zero-order chi connectivity index (χ0) is 11.1. The molecule has 0 aliphatic carbocycles. The Bertz CT molecular complexity index is 210. The van der Waals surface area contributed by atoms with E-state index in [1.807, 2.05) is 0 Å². The fourth-order valence-corrected chi connectivity index (χ4v) is 0.908. The minimum absolute atomic E-state index is 0.0131. The van der Waals surface area contributed by atoms with Gasteiger partial charge in [-0.2, -0.15) is 0 Å². The van der Waals surface area contributed by atoms with Gasteiger partial charge in [0.25, 0.3) is 0 Å². The van der Waals surface area contributed by atoms with Gasteiger partial charge >= 0.3 is 11.9 Å². The van der Waals surface area contributed by atoms with Gasteiger partial charge < -0.3 is 15.9 Å². The van der Waals surface area contributed by atoms with Crippen molar-refractivity contribution < 1.29 is 24.2 Å². The Balaban J connectivity index is 3.58. The second-order valence-corrected chi connectivity index (χ2v) is 3.05. The van der Waals surface area contributed by atoms with E-state index in [9.17, 15) is 14.0 Å². The highest BCUT2D eigenvalue weighted by Gasteiger charge is 2.15. The maximum Gasteiger partial charge on any atom is 0.320 e. The number of aliphatic carboxylic acids is 2. The molecular formula is C8H14FNO4. The lowest BCUT2D eigenvalue weighted by atomic mass is 10.1. The average molecular weight is 207 g/mol. The van der Waals surface area contributed by atoms with Crippen molar-refractivity contribution in [2.24, 2.45) is 5.73 Å². The Morgan fingerprint density at radius 1 is 1.21 bits per heavy atom. The lowest BCUT2D eigenvalue weighted by Gasteiger charge is -2.08. The number of nitrogens with two attached hydrogens (primary N) is 1. The smallest absolute Gasteiger partial charge is 0.320 e. The first-order valence-electron chi connectivity index (χ1n) is 4.27. The van der Waals surface area contributed by atoms with Crippen LogP contribution in [0, 0.1) is 0 Å². The van der Waals surface area contributed by atoms with E-state index >= 15 is 0 Å². The number of rotatable bonds is 7. The molecule has 14 heavy (non-hydrogen) atoms.